The number of hydrogen-bond donors (Lipinski definition) is 2. The van der Waals surface area contributed by atoms with Gasteiger partial charge in [-0.3, -0.25) is 19.5 Å². The molecule has 2 aromatic heterocycles. The number of benzene rings is 2. The minimum atomic E-state index is -0.679. The van der Waals surface area contributed by atoms with Crippen molar-refractivity contribution in [2.75, 3.05) is 6.54 Å². The van der Waals surface area contributed by atoms with Gasteiger partial charge in [-0.1, -0.05) is 35.6 Å². The number of fused-ring (bicyclic) bond motifs is 1. The number of aromatic nitrogens is 3. The fraction of sp³-hybridized carbons (Fsp3) is 0.233. The number of Topliss-reactive ketones (excluding diaryl/α,β-unsaturated/α-hetero) is 1. The number of rotatable bonds is 6. The van der Waals surface area contributed by atoms with E-state index in [4.69, 9.17) is 16.9 Å². The molecule has 5 rings (SSSR count). The zero-order valence-electron chi connectivity index (χ0n) is 22.0. The Hall–Kier alpha value is -4.93. The molecular formula is C30H24ClFN6O3. The third-order valence-electron chi connectivity index (χ3n) is 7.02. The lowest BCUT2D eigenvalue weighted by atomic mass is 10.1. The first-order valence-corrected chi connectivity index (χ1v) is 13.2. The second-order valence-corrected chi connectivity index (χ2v) is 10.1. The number of hydrogen-bond acceptors (Lipinski definition) is 5. The van der Waals surface area contributed by atoms with E-state index in [1.165, 1.54) is 24.1 Å². The quantitative estimate of drug-likeness (QED) is 0.268. The van der Waals surface area contributed by atoms with Crippen LogP contribution in [0.2, 0.25) is 5.02 Å². The van der Waals surface area contributed by atoms with Crippen molar-refractivity contribution in [3.05, 3.63) is 87.6 Å². The van der Waals surface area contributed by atoms with Gasteiger partial charge in [0.25, 0.3) is 0 Å². The molecule has 2 amide bonds. The van der Waals surface area contributed by atoms with Crippen LogP contribution in [0.3, 0.4) is 0 Å². The maximum Gasteiger partial charge on any atom is 0.243 e. The number of aromatic amines is 1. The number of nitriles is 1. The van der Waals surface area contributed by atoms with Crippen LogP contribution in [0.5, 0.6) is 0 Å². The molecule has 2 N–H and O–H groups in total. The zero-order valence-corrected chi connectivity index (χ0v) is 22.8. The lowest BCUT2D eigenvalue weighted by molar-refractivity contribution is -0.138. The zero-order chi connectivity index (χ0) is 29.1. The first kappa shape index (κ1) is 27.6. The van der Waals surface area contributed by atoms with Gasteiger partial charge in [0.2, 0.25) is 11.8 Å². The number of amides is 2. The highest BCUT2D eigenvalue weighted by Gasteiger charge is 2.34. The van der Waals surface area contributed by atoms with E-state index in [0.717, 1.165) is 0 Å². The van der Waals surface area contributed by atoms with Crippen LogP contribution < -0.4 is 5.32 Å². The molecule has 41 heavy (non-hydrogen) atoms. The number of H-pyrrole nitrogens is 1. The van der Waals surface area contributed by atoms with Crippen molar-refractivity contribution >= 4 is 40.1 Å². The van der Waals surface area contributed by atoms with Crippen molar-refractivity contribution in [3.8, 4) is 17.9 Å². The Morgan fingerprint density at radius 2 is 2.07 bits per heavy atom. The molecule has 1 aliphatic rings. The molecule has 4 aromatic rings. The van der Waals surface area contributed by atoms with E-state index in [-0.39, 0.29) is 47.0 Å². The Labute approximate surface area is 239 Å². The number of nitrogens with zero attached hydrogens (tertiary/aromatic N) is 4. The molecule has 0 saturated carbocycles. The number of carbonyl (C=O) groups excluding carboxylic acids is 3. The summed E-state index contributed by atoms with van der Waals surface area (Å²) in [5.41, 5.74) is 2.73. The largest absolute Gasteiger partial charge is 0.350 e. The highest BCUT2D eigenvalue weighted by molar-refractivity contribution is 6.30. The molecule has 0 spiro atoms. The highest BCUT2D eigenvalue weighted by atomic mass is 35.5. The molecule has 11 heteroatoms. The van der Waals surface area contributed by atoms with Crippen LogP contribution in [0.15, 0.2) is 48.8 Å². The van der Waals surface area contributed by atoms with Crippen LogP contribution in [0, 0.1) is 29.0 Å². The molecular weight excluding hydrogens is 547 g/mol. The van der Waals surface area contributed by atoms with Gasteiger partial charge >= 0.3 is 0 Å². The summed E-state index contributed by atoms with van der Waals surface area (Å²) in [6, 6.07) is 11.2. The number of nitrogens with one attached hydrogen (secondary N) is 2. The SMILES string of the molecule is CC(=O)c1cn(CC(=O)N2CCC[C@H]2C(=O)NCc2cccc(Cl)c2F)c2ccc(C#Cc3cn[nH]c3C#N)cc12. The average molecular weight is 571 g/mol. The van der Waals surface area contributed by atoms with E-state index in [1.54, 1.807) is 41.1 Å². The minimum Gasteiger partial charge on any atom is -0.350 e. The van der Waals surface area contributed by atoms with Crippen LogP contribution >= 0.6 is 11.6 Å². The van der Waals surface area contributed by atoms with Crippen molar-refractivity contribution in [1.29, 1.82) is 5.26 Å². The molecule has 0 radical (unpaired) electrons. The van der Waals surface area contributed by atoms with Crippen molar-refractivity contribution in [2.45, 2.75) is 38.9 Å². The van der Waals surface area contributed by atoms with E-state index >= 15 is 0 Å². The summed E-state index contributed by atoms with van der Waals surface area (Å²) in [5.74, 6) is 4.52. The molecule has 3 heterocycles. The Morgan fingerprint density at radius 1 is 1.24 bits per heavy atom. The number of halogens is 2. The highest BCUT2D eigenvalue weighted by Crippen LogP contribution is 2.25. The lowest BCUT2D eigenvalue weighted by Crippen LogP contribution is -2.46. The third kappa shape index (κ3) is 5.69. The van der Waals surface area contributed by atoms with E-state index in [2.05, 4.69) is 27.4 Å². The molecule has 0 unspecified atom stereocenters. The Balaban J connectivity index is 1.34. The van der Waals surface area contributed by atoms with Crippen LogP contribution in [0.1, 0.15) is 52.5 Å². The van der Waals surface area contributed by atoms with Gasteiger partial charge in [-0.25, -0.2) is 4.39 Å². The number of ketones is 1. The summed E-state index contributed by atoms with van der Waals surface area (Å²) in [6.07, 6.45) is 4.26. The second kappa shape index (κ2) is 11.7. The Bertz CT molecular complexity index is 1790. The molecule has 1 saturated heterocycles. The van der Waals surface area contributed by atoms with E-state index in [1.807, 2.05) is 6.07 Å². The Kier molecular flexibility index (Phi) is 7.86. The maximum atomic E-state index is 14.2. The fourth-order valence-electron chi connectivity index (χ4n) is 4.95. The van der Waals surface area contributed by atoms with Gasteiger partial charge in [0.05, 0.1) is 16.8 Å². The smallest absolute Gasteiger partial charge is 0.243 e. The molecule has 9 nitrogen and oxygen atoms in total. The number of likely N-dealkylation sites (tertiary alicyclic amines) is 1. The van der Waals surface area contributed by atoms with E-state index in [0.29, 0.717) is 47.0 Å². The predicted molar refractivity (Wildman–Crippen MR) is 149 cm³/mol. The molecule has 0 bridgehead atoms. The van der Waals surface area contributed by atoms with Gasteiger partial charge in [0, 0.05) is 46.9 Å². The van der Waals surface area contributed by atoms with Crippen LogP contribution in [0.4, 0.5) is 4.39 Å². The minimum absolute atomic E-state index is 0.0245. The summed E-state index contributed by atoms with van der Waals surface area (Å²) in [5, 5.41) is 18.9. The van der Waals surface area contributed by atoms with Crippen molar-refractivity contribution < 1.29 is 18.8 Å². The summed E-state index contributed by atoms with van der Waals surface area (Å²) in [4.78, 5) is 40.3. The third-order valence-corrected chi connectivity index (χ3v) is 7.31. The molecule has 1 atom stereocenters. The molecule has 1 aliphatic heterocycles. The van der Waals surface area contributed by atoms with E-state index < -0.39 is 11.9 Å². The maximum absolute atomic E-state index is 14.2. The molecule has 0 aliphatic carbocycles. The summed E-state index contributed by atoms with van der Waals surface area (Å²) in [6.45, 7) is 1.76. The van der Waals surface area contributed by atoms with Crippen molar-refractivity contribution in [1.82, 2.24) is 25.0 Å². The lowest BCUT2D eigenvalue weighted by Gasteiger charge is -2.24. The number of carbonyl (C=O) groups is 3. The normalized spacial score (nSPS) is 14.4. The molecule has 1 fully saturated rings. The Morgan fingerprint density at radius 3 is 2.85 bits per heavy atom. The first-order valence-electron chi connectivity index (χ1n) is 12.9. The predicted octanol–water partition coefficient (Wildman–Crippen LogP) is 3.94. The first-order chi connectivity index (χ1) is 19.8. The van der Waals surface area contributed by atoms with Crippen LogP contribution in [0.25, 0.3) is 10.9 Å². The van der Waals surface area contributed by atoms with Crippen molar-refractivity contribution in [2.24, 2.45) is 0 Å². The molecule has 2 aromatic carbocycles. The van der Waals surface area contributed by atoms with Gasteiger partial charge < -0.3 is 14.8 Å². The summed E-state index contributed by atoms with van der Waals surface area (Å²) >= 11 is 5.83. The van der Waals surface area contributed by atoms with Gasteiger partial charge in [-0.15, -0.1) is 0 Å². The molecule has 206 valence electrons. The van der Waals surface area contributed by atoms with Crippen molar-refractivity contribution in [3.63, 3.8) is 0 Å². The monoisotopic (exact) mass is 570 g/mol. The average Bonchev–Trinajstić information content (AvgIpc) is 3.71. The standard InChI is InChI=1S/C30H24ClFN6O3/c1-18(39)23-16-37(26-10-8-19(12-22(23)26)7-9-20-15-35-36-25(20)13-33)17-28(40)38-11-3-6-27(38)30(41)34-14-21-4-2-5-24(31)29(21)32/h2,4-5,8,10,12,15-16,27H,3,6,11,14,17H2,1H3,(H,34,41)(H,35,36)/t27-/m0/s1. The van der Waals surface area contributed by atoms with E-state index in [9.17, 15) is 18.8 Å². The summed E-state index contributed by atoms with van der Waals surface area (Å²) in [7, 11) is 0. The van der Waals surface area contributed by atoms with Gasteiger partial charge in [0.15, 0.2) is 11.5 Å². The van der Waals surface area contributed by atoms with Crippen LogP contribution in [-0.4, -0.2) is 49.8 Å². The second-order valence-electron chi connectivity index (χ2n) is 9.66. The van der Waals surface area contributed by atoms with Gasteiger partial charge in [-0.05, 0) is 44.0 Å². The summed E-state index contributed by atoms with van der Waals surface area (Å²) < 4.78 is 15.9. The van der Waals surface area contributed by atoms with Crippen LogP contribution in [-0.2, 0) is 22.7 Å². The van der Waals surface area contributed by atoms with Gasteiger partial charge in [-0.2, -0.15) is 10.4 Å². The van der Waals surface area contributed by atoms with Gasteiger partial charge in [0.1, 0.15) is 24.5 Å². The topological polar surface area (TPSA) is 124 Å². The fourth-order valence-corrected chi connectivity index (χ4v) is 5.15.